The molecule has 1 atom stereocenters. The maximum atomic E-state index is 13.0. The molecule has 0 aliphatic carbocycles. The average molecular weight is 451 g/mol. The lowest BCUT2D eigenvalue weighted by Crippen LogP contribution is -2.44. The van der Waals surface area contributed by atoms with Crippen molar-refractivity contribution in [2.75, 3.05) is 20.2 Å². The highest BCUT2D eigenvalue weighted by Gasteiger charge is 2.36. The zero-order valence-electron chi connectivity index (χ0n) is 15.0. The lowest BCUT2D eigenvalue weighted by molar-refractivity contribution is -0.141. The minimum absolute atomic E-state index is 0.0447. The highest BCUT2D eigenvalue weighted by molar-refractivity contribution is 7.89. The van der Waals surface area contributed by atoms with Gasteiger partial charge in [0.05, 0.1) is 13.7 Å². The number of halogens is 3. The predicted octanol–water partition coefficient (Wildman–Crippen LogP) is 2.58. The lowest BCUT2D eigenvalue weighted by Gasteiger charge is -2.31. The molecular weight excluding hydrogens is 435 g/mol. The van der Waals surface area contributed by atoms with E-state index in [-0.39, 0.29) is 22.9 Å². The Hall–Kier alpha value is -2.25. The second-order valence-corrected chi connectivity index (χ2v) is 8.90. The molecule has 0 amide bonds. The van der Waals surface area contributed by atoms with Gasteiger partial charge in [-0.05, 0) is 30.4 Å². The number of thiophene rings is 1. The predicted molar refractivity (Wildman–Crippen MR) is 95.1 cm³/mol. The van der Waals surface area contributed by atoms with Crippen LogP contribution in [0.2, 0.25) is 0 Å². The van der Waals surface area contributed by atoms with E-state index in [4.69, 9.17) is 4.74 Å². The SMILES string of the molecule is COC(=O)c1sccc1S(=O)(=O)N1CCCC(Oc2nccc(C(F)(F)F)n2)C1. The van der Waals surface area contributed by atoms with E-state index in [0.717, 1.165) is 35.0 Å². The molecule has 1 aliphatic heterocycles. The van der Waals surface area contributed by atoms with Gasteiger partial charge in [0, 0.05) is 12.7 Å². The van der Waals surface area contributed by atoms with Gasteiger partial charge in [-0.15, -0.1) is 11.3 Å². The van der Waals surface area contributed by atoms with E-state index >= 15 is 0 Å². The molecule has 29 heavy (non-hydrogen) atoms. The molecule has 0 saturated carbocycles. The number of carbonyl (C=O) groups is 1. The molecule has 0 N–H and O–H groups in total. The third-order valence-corrected chi connectivity index (χ3v) is 7.09. The van der Waals surface area contributed by atoms with Crippen molar-refractivity contribution in [3.05, 3.63) is 34.3 Å². The summed E-state index contributed by atoms with van der Waals surface area (Å²) in [4.78, 5) is 18.6. The van der Waals surface area contributed by atoms with E-state index in [9.17, 15) is 26.4 Å². The van der Waals surface area contributed by atoms with Gasteiger partial charge >= 0.3 is 18.2 Å². The number of piperidine rings is 1. The van der Waals surface area contributed by atoms with Gasteiger partial charge in [0.2, 0.25) is 10.0 Å². The Morgan fingerprint density at radius 3 is 2.79 bits per heavy atom. The summed E-state index contributed by atoms with van der Waals surface area (Å²) < 4.78 is 75.4. The van der Waals surface area contributed by atoms with Crippen LogP contribution in [0.25, 0.3) is 0 Å². The summed E-state index contributed by atoms with van der Waals surface area (Å²) in [6.45, 7) is 0.0699. The van der Waals surface area contributed by atoms with Gasteiger partial charge in [-0.25, -0.2) is 18.2 Å². The first-order valence-corrected chi connectivity index (χ1v) is 10.7. The van der Waals surface area contributed by atoms with E-state index in [2.05, 4.69) is 14.7 Å². The molecule has 13 heteroatoms. The maximum Gasteiger partial charge on any atom is 0.433 e. The molecule has 3 rings (SSSR count). The zero-order valence-corrected chi connectivity index (χ0v) is 16.7. The molecule has 1 fully saturated rings. The number of esters is 1. The first-order chi connectivity index (χ1) is 13.6. The van der Waals surface area contributed by atoms with Crippen LogP contribution in [0, 0.1) is 0 Å². The number of hydrogen-bond acceptors (Lipinski definition) is 8. The van der Waals surface area contributed by atoms with Gasteiger partial charge in [-0.2, -0.15) is 22.5 Å². The molecule has 0 bridgehead atoms. The summed E-state index contributed by atoms with van der Waals surface area (Å²) in [5.41, 5.74) is -1.15. The second-order valence-electron chi connectivity index (χ2n) is 6.07. The Kier molecular flexibility index (Phi) is 6.10. The molecule has 0 aromatic carbocycles. The third kappa shape index (κ3) is 4.67. The summed E-state index contributed by atoms with van der Waals surface area (Å²) in [6, 6.07) is 1.55. The van der Waals surface area contributed by atoms with Crippen molar-refractivity contribution in [1.82, 2.24) is 14.3 Å². The van der Waals surface area contributed by atoms with Crippen molar-refractivity contribution in [1.29, 1.82) is 0 Å². The summed E-state index contributed by atoms with van der Waals surface area (Å²) in [5, 5.41) is 1.47. The van der Waals surface area contributed by atoms with E-state index in [1.54, 1.807) is 0 Å². The monoisotopic (exact) mass is 451 g/mol. The molecule has 3 heterocycles. The summed E-state index contributed by atoms with van der Waals surface area (Å²) in [6.07, 6.45) is -3.62. The highest BCUT2D eigenvalue weighted by Crippen LogP contribution is 2.30. The first-order valence-electron chi connectivity index (χ1n) is 8.36. The van der Waals surface area contributed by atoms with Crippen LogP contribution < -0.4 is 4.74 Å². The number of methoxy groups -OCH3 is 1. The quantitative estimate of drug-likeness (QED) is 0.645. The number of nitrogens with zero attached hydrogens (tertiary/aromatic N) is 3. The molecule has 1 aliphatic rings. The van der Waals surface area contributed by atoms with Crippen molar-refractivity contribution in [2.45, 2.75) is 30.0 Å². The molecule has 0 radical (unpaired) electrons. The zero-order chi connectivity index (χ0) is 21.2. The Labute approximate surface area is 168 Å². The van der Waals surface area contributed by atoms with Crippen LogP contribution in [0.3, 0.4) is 0 Å². The van der Waals surface area contributed by atoms with Crippen LogP contribution in [-0.4, -0.2) is 55.0 Å². The number of rotatable bonds is 5. The third-order valence-electron chi connectivity index (χ3n) is 4.15. The van der Waals surface area contributed by atoms with Gasteiger partial charge in [0.25, 0.3) is 0 Å². The molecule has 1 saturated heterocycles. The summed E-state index contributed by atoms with van der Waals surface area (Å²) >= 11 is 0.942. The average Bonchev–Trinajstić information content (AvgIpc) is 3.18. The summed E-state index contributed by atoms with van der Waals surface area (Å²) in [5.74, 6) is -0.763. The van der Waals surface area contributed by atoms with Crippen molar-refractivity contribution in [2.24, 2.45) is 0 Å². The van der Waals surface area contributed by atoms with Crippen LogP contribution in [0.4, 0.5) is 13.2 Å². The minimum atomic E-state index is -4.65. The van der Waals surface area contributed by atoms with Gasteiger partial charge in [-0.1, -0.05) is 0 Å². The van der Waals surface area contributed by atoms with Crippen LogP contribution >= 0.6 is 11.3 Å². The molecule has 2 aromatic heterocycles. The molecule has 8 nitrogen and oxygen atoms in total. The first kappa shape index (κ1) is 21.5. The maximum absolute atomic E-state index is 13.0. The molecule has 2 aromatic rings. The van der Waals surface area contributed by atoms with E-state index in [0.29, 0.717) is 12.8 Å². The molecule has 158 valence electrons. The van der Waals surface area contributed by atoms with Crippen LogP contribution in [0.15, 0.2) is 28.6 Å². The smallest absolute Gasteiger partial charge is 0.433 e. The van der Waals surface area contributed by atoms with E-state index < -0.39 is 40.0 Å². The van der Waals surface area contributed by atoms with Crippen molar-refractivity contribution < 1.29 is 35.9 Å². The fraction of sp³-hybridized carbons (Fsp3) is 0.438. The van der Waals surface area contributed by atoms with Crippen LogP contribution in [-0.2, 0) is 20.9 Å². The molecular formula is C16H16F3N3O5S2. The number of alkyl halides is 3. The Morgan fingerprint density at radius 1 is 1.34 bits per heavy atom. The van der Waals surface area contributed by atoms with Crippen LogP contribution in [0.1, 0.15) is 28.2 Å². The minimum Gasteiger partial charge on any atom is -0.465 e. The normalized spacial score (nSPS) is 18.4. The highest BCUT2D eigenvalue weighted by atomic mass is 32.2. The van der Waals surface area contributed by atoms with Gasteiger partial charge < -0.3 is 9.47 Å². The fourth-order valence-electron chi connectivity index (χ4n) is 2.81. The number of carbonyl (C=O) groups excluding carboxylic acids is 1. The topological polar surface area (TPSA) is 98.7 Å². The van der Waals surface area contributed by atoms with Crippen molar-refractivity contribution >= 4 is 27.3 Å². The van der Waals surface area contributed by atoms with Gasteiger partial charge in [0.15, 0.2) is 5.69 Å². The summed E-state index contributed by atoms with van der Waals surface area (Å²) in [7, 11) is -2.87. The lowest BCUT2D eigenvalue weighted by atomic mass is 10.1. The number of aromatic nitrogens is 2. The van der Waals surface area contributed by atoms with Crippen molar-refractivity contribution in [3.63, 3.8) is 0 Å². The largest absolute Gasteiger partial charge is 0.465 e. The Bertz CT molecular complexity index is 994. The Balaban J connectivity index is 1.77. The molecule has 0 spiro atoms. The number of sulfonamides is 1. The van der Waals surface area contributed by atoms with E-state index in [1.165, 1.54) is 11.4 Å². The Morgan fingerprint density at radius 2 is 2.10 bits per heavy atom. The van der Waals surface area contributed by atoms with Crippen LogP contribution in [0.5, 0.6) is 6.01 Å². The fourth-order valence-corrected chi connectivity index (χ4v) is 5.62. The second kappa shape index (κ2) is 8.24. The van der Waals surface area contributed by atoms with E-state index in [1.807, 2.05) is 0 Å². The van der Waals surface area contributed by atoms with Gasteiger partial charge in [-0.3, -0.25) is 0 Å². The number of hydrogen-bond donors (Lipinski definition) is 0. The van der Waals surface area contributed by atoms with Crippen molar-refractivity contribution in [3.8, 4) is 6.01 Å². The standard InChI is InChI=1S/C16H16F3N3O5S2/c1-26-14(23)13-11(5-8-28-13)29(24,25)22-7-2-3-10(9-22)27-15-20-6-4-12(21-15)16(17,18)19/h4-6,8,10H,2-3,7,9H2,1H3. The molecule has 1 unspecified atom stereocenters. The number of ether oxygens (including phenoxy) is 2. The van der Waals surface area contributed by atoms with Gasteiger partial charge in [0.1, 0.15) is 15.9 Å².